The fourth-order valence-electron chi connectivity index (χ4n) is 5.54. The number of anilines is 1. The smallest absolute Gasteiger partial charge is 0.264 e. The van der Waals surface area contributed by atoms with Crippen LogP contribution in [0.1, 0.15) is 66.8 Å². The van der Waals surface area contributed by atoms with Crippen LogP contribution in [0.15, 0.2) is 71.6 Å². The van der Waals surface area contributed by atoms with E-state index in [4.69, 9.17) is 0 Å². The number of benzene rings is 3. The number of sulfonamides is 1. The van der Waals surface area contributed by atoms with E-state index in [1.807, 2.05) is 65.0 Å². The molecule has 42 heavy (non-hydrogen) atoms. The van der Waals surface area contributed by atoms with Crippen molar-refractivity contribution in [2.75, 3.05) is 10.8 Å². The molecule has 1 atom stereocenters. The summed E-state index contributed by atoms with van der Waals surface area (Å²) in [5.74, 6) is -0.622. The van der Waals surface area contributed by atoms with Gasteiger partial charge in [-0.25, -0.2) is 8.42 Å². The van der Waals surface area contributed by atoms with Crippen molar-refractivity contribution in [3.05, 3.63) is 94.5 Å². The van der Waals surface area contributed by atoms with Gasteiger partial charge in [0, 0.05) is 12.6 Å². The molecule has 7 nitrogen and oxygen atoms in total. The number of nitrogens with zero attached hydrogens (tertiary/aromatic N) is 2. The molecule has 8 heteroatoms. The molecule has 1 N–H and O–H groups in total. The number of carbonyl (C=O) groups is 2. The monoisotopic (exact) mass is 589 g/mol. The summed E-state index contributed by atoms with van der Waals surface area (Å²) in [4.78, 5) is 29.5. The average Bonchev–Trinajstić information content (AvgIpc) is 3.46. The highest BCUT2D eigenvalue weighted by molar-refractivity contribution is 7.92. The van der Waals surface area contributed by atoms with Crippen molar-refractivity contribution in [3.8, 4) is 0 Å². The molecular formula is C34H43N3O4S. The first kappa shape index (κ1) is 31.3. The molecule has 1 aliphatic rings. The molecule has 0 spiro atoms. The molecule has 3 aromatic carbocycles. The lowest BCUT2D eigenvalue weighted by molar-refractivity contribution is -0.140. The molecule has 224 valence electrons. The standard InChI is InChI=1S/C34H43N3O4S/c1-6-32(34(39)35-29-12-7-8-13-29)36(22-28-11-9-10-25(3)20-28)33(38)23-37(30-17-16-26(4)27(5)21-30)42(40,41)31-18-14-24(2)15-19-31/h9-11,14-21,29,32H,6-8,12-13,22-23H2,1-5H3,(H,35,39)/t32-/m1/s1. The number of hydrogen-bond donors (Lipinski definition) is 1. The SMILES string of the molecule is CC[C@H](C(=O)NC1CCCC1)N(Cc1cccc(C)c1)C(=O)CN(c1ccc(C)c(C)c1)S(=O)(=O)c1ccc(C)cc1. The summed E-state index contributed by atoms with van der Waals surface area (Å²) in [6.45, 7) is 9.41. The zero-order valence-corrected chi connectivity index (χ0v) is 26.2. The first-order valence-electron chi connectivity index (χ1n) is 14.8. The maximum atomic E-state index is 14.3. The van der Waals surface area contributed by atoms with E-state index >= 15 is 0 Å². The van der Waals surface area contributed by atoms with Crippen LogP contribution in [0.5, 0.6) is 0 Å². The minimum atomic E-state index is -4.09. The van der Waals surface area contributed by atoms with Gasteiger partial charge in [-0.3, -0.25) is 13.9 Å². The minimum Gasteiger partial charge on any atom is -0.352 e. The molecule has 0 unspecified atom stereocenters. The van der Waals surface area contributed by atoms with Crippen LogP contribution in [0.25, 0.3) is 0 Å². The van der Waals surface area contributed by atoms with Crippen molar-refractivity contribution in [2.24, 2.45) is 0 Å². The van der Waals surface area contributed by atoms with E-state index in [2.05, 4.69) is 5.32 Å². The van der Waals surface area contributed by atoms with Crippen molar-refractivity contribution in [1.82, 2.24) is 10.2 Å². The molecule has 3 aromatic rings. The lowest BCUT2D eigenvalue weighted by Gasteiger charge is -2.34. The van der Waals surface area contributed by atoms with Crippen molar-refractivity contribution < 1.29 is 18.0 Å². The van der Waals surface area contributed by atoms with Crippen LogP contribution in [0.3, 0.4) is 0 Å². The van der Waals surface area contributed by atoms with Gasteiger partial charge in [-0.1, -0.05) is 73.4 Å². The molecule has 0 radical (unpaired) electrons. The summed E-state index contributed by atoms with van der Waals surface area (Å²) in [6, 6.07) is 19.2. The van der Waals surface area contributed by atoms with Crippen LogP contribution in [0.4, 0.5) is 5.69 Å². The Labute approximate surface area is 251 Å². The maximum Gasteiger partial charge on any atom is 0.264 e. The van der Waals surface area contributed by atoms with Crippen molar-refractivity contribution in [1.29, 1.82) is 0 Å². The number of amides is 2. The van der Waals surface area contributed by atoms with Gasteiger partial charge in [-0.05, 0) is 87.9 Å². The maximum absolute atomic E-state index is 14.3. The Morgan fingerprint density at radius 2 is 1.57 bits per heavy atom. The molecular weight excluding hydrogens is 546 g/mol. The van der Waals surface area contributed by atoms with Crippen LogP contribution in [0.2, 0.25) is 0 Å². The van der Waals surface area contributed by atoms with E-state index in [1.165, 1.54) is 4.31 Å². The first-order valence-corrected chi connectivity index (χ1v) is 16.3. The molecule has 4 rings (SSSR count). The molecule has 0 heterocycles. The fraction of sp³-hybridized carbons (Fsp3) is 0.412. The molecule has 2 amide bonds. The average molecular weight is 590 g/mol. The molecule has 0 aliphatic heterocycles. The van der Waals surface area contributed by atoms with Crippen LogP contribution in [-0.4, -0.2) is 43.8 Å². The van der Waals surface area contributed by atoms with Gasteiger partial charge in [0.2, 0.25) is 11.8 Å². The number of nitrogens with one attached hydrogen (secondary N) is 1. The number of aryl methyl sites for hydroxylation is 4. The molecule has 0 bridgehead atoms. The van der Waals surface area contributed by atoms with Gasteiger partial charge in [-0.2, -0.15) is 0 Å². The highest BCUT2D eigenvalue weighted by Gasteiger charge is 2.34. The van der Waals surface area contributed by atoms with E-state index < -0.39 is 28.5 Å². The van der Waals surface area contributed by atoms with Crippen LogP contribution < -0.4 is 9.62 Å². The highest BCUT2D eigenvalue weighted by Crippen LogP contribution is 2.27. The van der Waals surface area contributed by atoms with Crippen molar-refractivity contribution in [2.45, 2.75) is 90.2 Å². The lowest BCUT2D eigenvalue weighted by Crippen LogP contribution is -2.53. The molecule has 0 aromatic heterocycles. The third-order valence-electron chi connectivity index (χ3n) is 8.19. The molecule has 0 saturated heterocycles. The van der Waals surface area contributed by atoms with E-state index in [1.54, 1.807) is 41.3 Å². The quantitative estimate of drug-likeness (QED) is 0.298. The Bertz CT molecular complexity index is 1510. The van der Waals surface area contributed by atoms with Gasteiger partial charge in [0.05, 0.1) is 10.6 Å². The Balaban J connectivity index is 1.73. The van der Waals surface area contributed by atoms with Crippen molar-refractivity contribution in [3.63, 3.8) is 0 Å². The largest absolute Gasteiger partial charge is 0.352 e. The second kappa shape index (κ2) is 13.6. The van der Waals surface area contributed by atoms with Gasteiger partial charge in [0.1, 0.15) is 12.6 Å². The molecule has 1 aliphatic carbocycles. The van der Waals surface area contributed by atoms with Crippen molar-refractivity contribution >= 4 is 27.5 Å². The second-order valence-corrected chi connectivity index (χ2v) is 13.4. The Morgan fingerprint density at radius 3 is 2.19 bits per heavy atom. The second-order valence-electron chi connectivity index (χ2n) is 11.5. The van der Waals surface area contributed by atoms with E-state index in [-0.39, 0.29) is 23.4 Å². The normalized spacial score (nSPS) is 14.4. The Morgan fingerprint density at radius 1 is 0.881 bits per heavy atom. The number of carbonyl (C=O) groups excluding carboxylic acids is 2. The minimum absolute atomic E-state index is 0.107. The van der Waals surface area contributed by atoms with Crippen LogP contribution in [0, 0.1) is 27.7 Å². The molecule has 1 saturated carbocycles. The summed E-state index contributed by atoms with van der Waals surface area (Å²) in [5, 5.41) is 3.16. The van der Waals surface area contributed by atoms with Gasteiger partial charge < -0.3 is 10.2 Å². The van der Waals surface area contributed by atoms with Gasteiger partial charge in [0.25, 0.3) is 10.0 Å². The van der Waals surface area contributed by atoms with Gasteiger partial charge >= 0.3 is 0 Å². The Kier molecular flexibility index (Phi) is 10.1. The topological polar surface area (TPSA) is 86.8 Å². The van der Waals surface area contributed by atoms with Gasteiger partial charge in [-0.15, -0.1) is 0 Å². The third kappa shape index (κ3) is 7.40. The lowest BCUT2D eigenvalue weighted by atomic mass is 10.1. The number of rotatable bonds is 11. The zero-order chi connectivity index (χ0) is 30.4. The molecule has 1 fully saturated rings. The van der Waals surface area contributed by atoms with Gasteiger partial charge in [0.15, 0.2) is 0 Å². The number of hydrogen-bond acceptors (Lipinski definition) is 4. The summed E-state index contributed by atoms with van der Waals surface area (Å²) in [6.07, 6.45) is 4.43. The fourth-order valence-corrected chi connectivity index (χ4v) is 6.95. The predicted molar refractivity (Wildman–Crippen MR) is 168 cm³/mol. The zero-order valence-electron chi connectivity index (χ0n) is 25.4. The van der Waals surface area contributed by atoms with Crippen LogP contribution in [-0.2, 0) is 26.2 Å². The first-order chi connectivity index (χ1) is 20.0. The third-order valence-corrected chi connectivity index (χ3v) is 9.98. The summed E-state index contributed by atoms with van der Waals surface area (Å²) >= 11 is 0. The summed E-state index contributed by atoms with van der Waals surface area (Å²) < 4.78 is 29.3. The predicted octanol–water partition coefficient (Wildman–Crippen LogP) is 5.98. The highest BCUT2D eigenvalue weighted by atomic mass is 32.2. The summed E-state index contributed by atoms with van der Waals surface area (Å²) in [5.41, 5.74) is 5.21. The van der Waals surface area contributed by atoms with E-state index in [0.717, 1.165) is 53.5 Å². The summed E-state index contributed by atoms with van der Waals surface area (Å²) in [7, 11) is -4.09. The van der Waals surface area contributed by atoms with Crippen LogP contribution >= 0.6 is 0 Å². The van der Waals surface area contributed by atoms with E-state index in [0.29, 0.717) is 12.1 Å². The Hall–Kier alpha value is -3.65. The van der Waals surface area contributed by atoms with E-state index in [9.17, 15) is 18.0 Å².